The molecule has 0 aliphatic rings. The first kappa shape index (κ1) is 14.6. The summed E-state index contributed by atoms with van der Waals surface area (Å²) in [6, 6.07) is 0. The van der Waals surface area contributed by atoms with Crippen LogP contribution in [0.2, 0.25) is 0 Å². The molecule has 0 fully saturated rings. The minimum absolute atomic E-state index is 0.490. The monoisotopic (exact) mass is 260 g/mol. The third-order valence-electron chi connectivity index (χ3n) is 1.48. The van der Waals surface area contributed by atoms with E-state index in [4.69, 9.17) is 0 Å². The molecule has 0 saturated heterocycles. The molecule has 0 N–H and O–H groups in total. The van der Waals surface area contributed by atoms with Gasteiger partial charge >= 0.3 is 6.80 Å². The Balaban J connectivity index is 3.99. The van der Waals surface area contributed by atoms with Crippen LogP contribution in [0.1, 0.15) is 20.3 Å². The summed E-state index contributed by atoms with van der Waals surface area (Å²) in [5, 5.41) is 0. The van der Waals surface area contributed by atoms with E-state index in [0.29, 0.717) is 11.7 Å². The Morgan fingerprint density at radius 3 is 2.21 bits per heavy atom. The predicted octanol–water partition coefficient (Wildman–Crippen LogP) is 2.83. The van der Waals surface area contributed by atoms with Gasteiger partial charge in [0.25, 0.3) is 0 Å². The van der Waals surface area contributed by atoms with Crippen LogP contribution in [0.25, 0.3) is 0 Å². The van der Waals surface area contributed by atoms with Gasteiger partial charge < -0.3 is 9.05 Å². The molecule has 0 radical (unpaired) electrons. The van der Waals surface area contributed by atoms with Crippen molar-refractivity contribution in [3.05, 3.63) is 0 Å². The molecule has 14 heavy (non-hydrogen) atoms. The third-order valence-corrected chi connectivity index (χ3v) is 8.88. The second kappa shape index (κ2) is 7.01. The SMILES string of the molecule is COP(=O)(OC)SS(=O)CCC(C)C. The number of rotatable bonds is 7. The standard InChI is InChI=1S/C7H17O4PS2/c1-7(2)5-6-14(9)13-12(8,10-3)11-4/h7H,5-6H2,1-4H3. The van der Waals surface area contributed by atoms with E-state index >= 15 is 0 Å². The van der Waals surface area contributed by atoms with Gasteiger partial charge in [-0.15, -0.1) is 0 Å². The summed E-state index contributed by atoms with van der Waals surface area (Å²) in [7, 11) is 2.14. The topological polar surface area (TPSA) is 52.6 Å². The molecule has 0 rings (SSSR count). The molecule has 0 saturated carbocycles. The van der Waals surface area contributed by atoms with E-state index in [-0.39, 0.29) is 0 Å². The summed E-state index contributed by atoms with van der Waals surface area (Å²) < 4.78 is 32.3. The smallest absolute Gasteiger partial charge is 0.303 e. The van der Waals surface area contributed by atoms with Gasteiger partial charge in [-0.25, -0.2) is 8.77 Å². The van der Waals surface area contributed by atoms with Gasteiger partial charge in [0.05, 0.1) is 20.2 Å². The van der Waals surface area contributed by atoms with E-state index in [9.17, 15) is 8.77 Å². The Bertz CT molecular complexity index is 224. The molecule has 7 heteroatoms. The molecule has 0 aliphatic heterocycles. The molecular weight excluding hydrogens is 243 g/mol. The van der Waals surface area contributed by atoms with E-state index < -0.39 is 16.6 Å². The van der Waals surface area contributed by atoms with Crippen LogP contribution in [0.5, 0.6) is 0 Å². The fraction of sp³-hybridized carbons (Fsp3) is 1.00. The minimum Gasteiger partial charge on any atom is -0.303 e. The molecule has 0 amide bonds. The number of hydrogen-bond donors (Lipinski definition) is 0. The molecule has 4 nitrogen and oxygen atoms in total. The van der Waals surface area contributed by atoms with Crippen LogP contribution >= 0.6 is 17.2 Å². The van der Waals surface area contributed by atoms with Crippen molar-refractivity contribution in [2.24, 2.45) is 5.92 Å². The average Bonchev–Trinajstić information content (AvgIpc) is 2.14. The molecule has 0 heterocycles. The lowest BCUT2D eigenvalue weighted by molar-refractivity contribution is 0.295. The third kappa shape index (κ3) is 6.19. The van der Waals surface area contributed by atoms with Crippen LogP contribution < -0.4 is 0 Å². The first-order valence-electron chi connectivity index (χ1n) is 4.23. The van der Waals surface area contributed by atoms with Crippen LogP contribution in [0.4, 0.5) is 0 Å². The Hall–Kier alpha value is 0.650. The zero-order chi connectivity index (χ0) is 11.2. The zero-order valence-corrected chi connectivity index (χ0v) is 11.4. The van der Waals surface area contributed by atoms with Gasteiger partial charge in [-0.3, -0.25) is 0 Å². The van der Waals surface area contributed by atoms with Crippen molar-refractivity contribution in [1.82, 2.24) is 0 Å². The maximum atomic E-state index is 11.5. The van der Waals surface area contributed by atoms with Gasteiger partial charge in [0.15, 0.2) is 0 Å². The normalized spacial score (nSPS) is 14.6. The first-order chi connectivity index (χ1) is 6.43. The van der Waals surface area contributed by atoms with E-state index in [2.05, 4.69) is 9.05 Å². The van der Waals surface area contributed by atoms with Crippen molar-refractivity contribution < 1.29 is 17.8 Å². The summed E-state index contributed by atoms with van der Waals surface area (Å²) in [6.07, 6.45) is 0.840. The molecule has 1 unspecified atom stereocenters. The van der Waals surface area contributed by atoms with E-state index in [0.717, 1.165) is 16.8 Å². The average molecular weight is 260 g/mol. The lowest BCUT2D eigenvalue weighted by Crippen LogP contribution is -1.98. The van der Waals surface area contributed by atoms with Gasteiger partial charge in [-0.1, -0.05) is 13.8 Å². The van der Waals surface area contributed by atoms with E-state index in [1.54, 1.807) is 0 Å². The van der Waals surface area contributed by atoms with Gasteiger partial charge in [-0.05, 0) is 12.3 Å². The largest absolute Gasteiger partial charge is 0.401 e. The van der Waals surface area contributed by atoms with Gasteiger partial charge in [0.1, 0.15) is 0 Å². The van der Waals surface area contributed by atoms with Gasteiger partial charge in [0.2, 0.25) is 0 Å². The lowest BCUT2D eigenvalue weighted by atomic mass is 10.2. The summed E-state index contributed by atoms with van der Waals surface area (Å²) in [4.78, 5) is 0. The maximum Gasteiger partial charge on any atom is 0.401 e. The van der Waals surface area contributed by atoms with Crippen LogP contribution in [0.15, 0.2) is 0 Å². The highest BCUT2D eigenvalue weighted by molar-refractivity contribution is 8.93. The van der Waals surface area contributed by atoms with Crippen molar-refractivity contribution in [2.45, 2.75) is 20.3 Å². The first-order valence-corrected chi connectivity index (χ1v) is 9.03. The molecule has 0 aliphatic carbocycles. The van der Waals surface area contributed by atoms with Crippen LogP contribution in [-0.4, -0.2) is 24.2 Å². The lowest BCUT2D eigenvalue weighted by Gasteiger charge is -2.11. The highest BCUT2D eigenvalue weighted by Gasteiger charge is 2.26. The fourth-order valence-electron chi connectivity index (χ4n) is 0.606. The highest BCUT2D eigenvalue weighted by Crippen LogP contribution is 2.60. The summed E-state index contributed by atoms with van der Waals surface area (Å²) >= 11 is 0. The van der Waals surface area contributed by atoms with Crippen molar-refractivity contribution in [3.8, 4) is 0 Å². The molecule has 0 aromatic heterocycles. The molecule has 0 bridgehead atoms. The van der Waals surface area contributed by atoms with Crippen LogP contribution in [-0.2, 0) is 23.4 Å². The Kier molecular flexibility index (Phi) is 7.34. The summed E-state index contributed by atoms with van der Waals surface area (Å²) in [5.74, 6) is 1.00. The van der Waals surface area contributed by atoms with Crippen molar-refractivity contribution in [1.29, 1.82) is 0 Å². The molecule has 0 aromatic rings. The Labute approximate surface area is 91.3 Å². The summed E-state index contributed by atoms with van der Waals surface area (Å²) in [6.45, 7) is 0.919. The van der Waals surface area contributed by atoms with Crippen LogP contribution in [0.3, 0.4) is 0 Å². The predicted molar refractivity (Wildman–Crippen MR) is 61.7 cm³/mol. The second-order valence-corrected chi connectivity index (χ2v) is 10.1. The van der Waals surface area contributed by atoms with Gasteiger partial charge in [-0.2, -0.15) is 0 Å². The van der Waals surface area contributed by atoms with Crippen LogP contribution in [0, 0.1) is 5.92 Å². The van der Waals surface area contributed by atoms with Gasteiger partial charge in [0, 0.05) is 20.0 Å². The highest BCUT2D eigenvalue weighted by atomic mass is 33.3. The maximum absolute atomic E-state index is 11.5. The van der Waals surface area contributed by atoms with E-state index in [1.807, 2.05) is 13.8 Å². The minimum atomic E-state index is -3.18. The zero-order valence-electron chi connectivity index (χ0n) is 8.89. The van der Waals surface area contributed by atoms with E-state index in [1.165, 1.54) is 14.2 Å². The second-order valence-electron chi connectivity index (χ2n) is 3.08. The fourth-order valence-corrected chi connectivity index (χ4v) is 6.91. The van der Waals surface area contributed by atoms with Crippen molar-refractivity contribution in [2.75, 3.05) is 20.0 Å². The Morgan fingerprint density at radius 2 is 1.86 bits per heavy atom. The molecule has 1 atom stereocenters. The number of hydrogen-bond acceptors (Lipinski definition) is 5. The quantitative estimate of drug-likeness (QED) is 0.520. The molecule has 0 aromatic carbocycles. The molecule has 0 spiro atoms. The summed E-state index contributed by atoms with van der Waals surface area (Å²) in [5.41, 5.74) is 0. The Morgan fingerprint density at radius 1 is 1.36 bits per heavy atom. The molecular formula is C7H17O4PS2. The van der Waals surface area contributed by atoms with Crippen molar-refractivity contribution >= 4 is 27.0 Å². The van der Waals surface area contributed by atoms with Crippen molar-refractivity contribution in [3.63, 3.8) is 0 Å². The molecule has 86 valence electrons.